The standard InChI is InChI=1S/C16H21N/c1-3-4-7-13-17(2)16-12-8-10-14-9-5-6-11-15(14)16/h5-6,8-12H,3-4,7,13H2,1-2H3. The van der Waals surface area contributed by atoms with E-state index < -0.39 is 0 Å². The highest BCUT2D eigenvalue weighted by molar-refractivity contribution is 5.94. The minimum absolute atomic E-state index is 1.14. The lowest BCUT2D eigenvalue weighted by atomic mass is 10.1. The van der Waals surface area contributed by atoms with Crippen molar-refractivity contribution in [1.29, 1.82) is 0 Å². The molecule has 0 saturated carbocycles. The van der Waals surface area contributed by atoms with Crippen LogP contribution in [0.15, 0.2) is 42.5 Å². The predicted molar refractivity (Wildman–Crippen MR) is 76.7 cm³/mol. The second-order valence-corrected chi connectivity index (χ2v) is 4.63. The van der Waals surface area contributed by atoms with Gasteiger partial charge in [0.05, 0.1) is 0 Å². The van der Waals surface area contributed by atoms with Crippen LogP contribution in [0.2, 0.25) is 0 Å². The van der Waals surface area contributed by atoms with Gasteiger partial charge in [-0.2, -0.15) is 0 Å². The molecular formula is C16H21N. The van der Waals surface area contributed by atoms with E-state index in [2.05, 4.69) is 61.3 Å². The Morgan fingerprint density at radius 3 is 2.53 bits per heavy atom. The molecule has 0 saturated heterocycles. The fraction of sp³-hybridized carbons (Fsp3) is 0.375. The highest BCUT2D eigenvalue weighted by atomic mass is 15.1. The fourth-order valence-corrected chi connectivity index (χ4v) is 2.26. The van der Waals surface area contributed by atoms with E-state index in [4.69, 9.17) is 0 Å². The topological polar surface area (TPSA) is 3.24 Å². The maximum Gasteiger partial charge on any atom is 0.0443 e. The highest BCUT2D eigenvalue weighted by Crippen LogP contribution is 2.25. The van der Waals surface area contributed by atoms with Gasteiger partial charge < -0.3 is 4.90 Å². The third-order valence-corrected chi connectivity index (χ3v) is 3.27. The van der Waals surface area contributed by atoms with Crippen LogP contribution in [0.3, 0.4) is 0 Å². The second-order valence-electron chi connectivity index (χ2n) is 4.63. The average molecular weight is 227 g/mol. The van der Waals surface area contributed by atoms with Crippen molar-refractivity contribution in [1.82, 2.24) is 0 Å². The summed E-state index contributed by atoms with van der Waals surface area (Å²) in [7, 11) is 2.19. The van der Waals surface area contributed by atoms with Crippen LogP contribution in [-0.2, 0) is 0 Å². The number of benzene rings is 2. The number of nitrogens with zero attached hydrogens (tertiary/aromatic N) is 1. The molecule has 2 rings (SSSR count). The molecule has 0 atom stereocenters. The summed E-state index contributed by atoms with van der Waals surface area (Å²) in [6.45, 7) is 3.39. The van der Waals surface area contributed by atoms with E-state index in [1.807, 2.05) is 0 Å². The summed E-state index contributed by atoms with van der Waals surface area (Å²) in [6.07, 6.45) is 3.87. The Balaban J connectivity index is 2.22. The molecular weight excluding hydrogens is 206 g/mol. The van der Waals surface area contributed by atoms with Gasteiger partial charge in [0.15, 0.2) is 0 Å². The number of fused-ring (bicyclic) bond motifs is 1. The molecule has 0 radical (unpaired) electrons. The number of anilines is 1. The summed E-state index contributed by atoms with van der Waals surface area (Å²) in [5.41, 5.74) is 1.35. The van der Waals surface area contributed by atoms with Gasteiger partial charge in [0.2, 0.25) is 0 Å². The van der Waals surface area contributed by atoms with Crippen molar-refractivity contribution >= 4 is 16.5 Å². The van der Waals surface area contributed by atoms with Crippen LogP contribution in [-0.4, -0.2) is 13.6 Å². The molecule has 0 aliphatic heterocycles. The van der Waals surface area contributed by atoms with Crippen LogP contribution < -0.4 is 4.90 Å². The predicted octanol–water partition coefficient (Wildman–Crippen LogP) is 4.47. The molecule has 0 fully saturated rings. The van der Waals surface area contributed by atoms with E-state index in [0.29, 0.717) is 0 Å². The van der Waals surface area contributed by atoms with E-state index in [0.717, 1.165) is 6.54 Å². The molecule has 0 heterocycles. The first-order valence-corrected chi connectivity index (χ1v) is 6.52. The van der Waals surface area contributed by atoms with Gasteiger partial charge in [0.25, 0.3) is 0 Å². The van der Waals surface area contributed by atoms with Crippen molar-refractivity contribution in [3.05, 3.63) is 42.5 Å². The van der Waals surface area contributed by atoms with Crippen LogP contribution in [0.1, 0.15) is 26.2 Å². The van der Waals surface area contributed by atoms with Gasteiger partial charge in [-0.1, -0.05) is 56.2 Å². The first kappa shape index (κ1) is 12.0. The molecule has 1 heteroatoms. The fourth-order valence-electron chi connectivity index (χ4n) is 2.26. The summed E-state index contributed by atoms with van der Waals surface area (Å²) < 4.78 is 0. The summed E-state index contributed by atoms with van der Waals surface area (Å²) in [5, 5.41) is 2.68. The van der Waals surface area contributed by atoms with Crippen LogP contribution in [0.25, 0.3) is 10.8 Å². The minimum Gasteiger partial charge on any atom is -0.374 e. The van der Waals surface area contributed by atoms with E-state index in [1.165, 1.54) is 35.7 Å². The van der Waals surface area contributed by atoms with Crippen LogP contribution in [0, 0.1) is 0 Å². The first-order valence-electron chi connectivity index (χ1n) is 6.52. The van der Waals surface area contributed by atoms with Gasteiger partial charge in [-0.15, -0.1) is 0 Å². The molecule has 2 aromatic rings. The molecule has 0 bridgehead atoms. The van der Waals surface area contributed by atoms with Crippen molar-refractivity contribution in [3.63, 3.8) is 0 Å². The Morgan fingerprint density at radius 2 is 1.71 bits per heavy atom. The minimum atomic E-state index is 1.14. The summed E-state index contributed by atoms with van der Waals surface area (Å²) in [6, 6.07) is 15.1. The van der Waals surface area contributed by atoms with Gasteiger partial charge >= 0.3 is 0 Å². The zero-order chi connectivity index (χ0) is 12.1. The highest BCUT2D eigenvalue weighted by Gasteiger charge is 2.04. The zero-order valence-corrected chi connectivity index (χ0v) is 10.8. The molecule has 0 aliphatic rings. The van der Waals surface area contributed by atoms with Crippen molar-refractivity contribution < 1.29 is 0 Å². The maximum atomic E-state index is 2.37. The lowest BCUT2D eigenvalue weighted by Crippen LogP contribution is -2.18. The first-order chi connectivity index (χ1) is 8.33. The smallest absolute Gasteiger partial charge is 0.0443 e. The number of unbranched alkanes of at least 4 members (excludes halogenated alkanes) is 2. The quantitative estimate of drug-likeness (QED) is 0.681. The van der Waals surface area contributed by atoms with Crippen LogP contribution >= 0.6 is 0 Å². The molecule has 2 aromatic carbocycles. The van der Waals surface area contributed by atoms with Gasteiger partial charge in [0.1, 0.15) is 0 Å². The van der Waals surface area contributed by atoms with Gasteiger partial charge in [-0.25, -0.2) is 0 Å². The van der Waals surface area contributed by atoms with Crippen molar-refractivity contribution in [3.8, 4) is 0 Å². The van der Waals surface area contributed by atoms with Crippen molar-refractivity contribution in [2.24, 2.45) is 0 Å². The van der Waals surface area contributed by atoms with E-state index in [9.17, 15) is 0 Å². The molecule has 17 heavy (non-hydrogen) atoms. The zero-order valence-electron chi connectivity index (χ0n) is 10.8. The monoisotopic (exact) mass is 227 g/mol. The van der Waals surface area contributed by atoms with Gasteiger partial charge in [-0.3, -0.25) is 0 Å². The van der Waals surface area contributed by atoms with E-state index in [-0.39, 0.29) is 0 Å². The summed E-state index contributed by atoms with van der Waals surface area (Å²) >= 11 is 0. The Kier molecular flexibility index (Phi) is 4.03. The normalized spacial score (nSPS) is 10.7. The molecule has 0 N–H and O–H groups in total. The lowest BCUT2D eigenvalue weighted by molar-refractivity contribution is 0.706. The Labute approximate surface area is 104 Å². The lowest BCUT2D eigenvalue weighted by Gasteiger charge is -2.21. The van der Waals surface area contributed by atoms with Crippen molar-refractivity contribution in [2.45, 2.75) is 26.2 Å². The molecule has 0 unspecified atom stereocenters. The summed E-state index contributed by atoms with van der Waals surface area (Å²) in [4.78, 5) is 2.37. The second kappa shape index (κ2) is 5.72. The van der Waals surface area contributed by atoms with Crippen LogP contribution in [0.4, 0.5) is 5.69 Å². The molecule has 1 nitrogen and oxygen atoms in total. The maximum absolute atomic E-state index is 2.37. The summed E-state index contributed by atoms with van der Waals surface area (Å²) in [5.74, 6) is 0. The molecule has 0 spiro atoms. The van der Waals surface area contributed by atoms with Gasteiger partial charge in [-0.05, 0) is 17.9 Å². The van der Waals surface area contributed by atoms with Crippen molar-refractivity contribution in [2.75, 3.05) is 18.5 Å². The molecule has 0 aliphatic carbocycles. The number of hydrogen-bond donors (Lipinski definition) is 0. The third-order valence-electron chi connectivity index (χ3n) is 3.27. The largest absolute Gasteiger partial charge is 0.374 e. The number of rotatable bonds is 5. The Hall–Kier alpha value is -1.50. The Morgan fingerprint density at radius 1 is 0.941 bits per heavy atom. The average Bonchev–Trinajstić information content (AvgIpc) is 2.38. The van der Waals surface area contributed by atoms with Crippen LogP contribution in [0.5, 0.6) is 0 Å². The molecule has 0 amide bonds. The molecule has 0 aromatic heterocycles. The molecule has 90 valence electrons. The van der Waals surface area contributed by atoms with Gasteiger partial charge in [0, 0.05) is 24.7 Å². The SMILES string of the molecule is CCCCCN(C)c1cccc2ccccc12. The third kappa shape index (κ3) is 2.79. The Bertz CT molecular complexity index is 470. The van der Waals surface area contributed by atoms with E-state index >= 15 is 0 Å². The van der Waals surface area contributed by atoms with E-state index in [1.54, 1.807) is 0 Å². The number of hydrogen-bond acceptors (Lipinski definition) is 1.